The number of amides is 2. The molecule has 0 aromatic rings. The van der Waals surface area contributed by atoms with E-state index in [1.807, 2.05) is 0 Å². The molecule has 7 nitrogen and oxygen atoms in total. The minimum absolute atomic E-state index is 0.135. The Morgan fingerprint density at radius 1 is 1.29 bits per heavy atom. The molecule has 0 aromatic carbocycles. The molecule has 0 aliphatic carbocycles. The van der Waals surface area contributed by atoms with Crippen molar-refractivity contribution in [2.24, 2.45) is 11.1 Å². The predicted molar refractivity (Wildman–Crippen MR) is 81.8 cm³/mol. The molecule has 21 heavy (non-hydrogen) atoms. The summed E-state index contributed by atoms with van der Waals surface area (Å²) in [6, 6.07) is 0. The highest BCUT2D eigenvalue weighted by Crippen LogP contribution is 2.31. The molecule has 0 saturated carbocycles. The number of carbonyl (C=O) groups is 2. The summed E-state index contributed by atoms with van der Waals surface area (Å²) in [6.07, 6.45) is 1.17. The third-order valence-corrected chi connectivity index (χ3v) is 3.91. The number of nitrogens with two attached hydrogens (primary N) is 1. The number of hydrogen-bond acceptors (Lipinski definition) is 5. The molecule has 2 amide bonds. The second-order valence-electron chi connectivity index (χ2n) is 4.91. The average molecular weight is 317 g/mol. The molecule has 1 rings (SSSR count). The second kappa shape index (κ2) is 8.91. The van der Waals surface area contributed by atoms with Crippen LogP contribution in [0.4, 0.5) is 0 Å². The Bertz CT molecular complexity index is 384. The summed E-state index contributed by atoms with van der Waals surface area (Å²) >= 11 is 5.04. The molecule has 0 unspecified atom stereocenters. The highest BCUT2D eigenvalue weighted by molar-refractivity contribution is 7.80. The molecule has 4 N–H and O–H groups in total. The standard InChI is InChI=1S/C13H23N3O4S/c1-19-9-6-15-10(17)2-5-16-12(18)13(11(14)21)3-7-20-8-4-13/h2-9H2,1H3,(H2,14,21)(H,15,17)(H,16,18). The number of methoxy groups -OCH3 is 1. The molecule has 0 bridgehead atoms. The average Bonchev–Trinajstić information content (AvgIpc) is 2.48. The van der Waals surface area contributed by atoms with Crippen LogP contribution in [0, 0.1) is 5.41 Å². The van der Waals surface area contributed by atoms with Gasteiger partial charge in [0.25, 0.3) is 0 Å². The van der Waals surface area contributed by atoms with Gasteiger partial charge in [0.15, 0.2) is 0 Å². The van der Waals surface area contributed by atoms with E-state index in [0.717, 1.165) is 0 Å². The lowest BCUT2D eigenvalue weighted by atomic mass is 9.79. The fraction of sp³-hybridized carbons (Fsp3) is 0.769. The Kier molecular flexibility index (Phi) is 7.55. The highest BCUT2D eigenvalue weighted by Gasteiger charge is 2.42. The summed E-state index contributed by atoms with van der Waals surface area (Å²) in [7, 11) is 1.56. The van der Waals surface area contributed by atoms with Gasteiger partial charge in [-0.2, -0.15) is 0 Å². The third kappa shape index (κ3) is 5.22. The highest BCUT2D eigenvalue weighted by atomic mass is 32.1. The van der Waals surface area contributed by atoms with E-state index >= 15 is 0 Å². The number of carbonyl (C=O) groups excluding carboxylic acids is 2. The van der Waals surface area contributed by atoms with Crippen LogP contribution in [-0.2, 0) is 19.1 Å². The van der Waals surface area contributed by atoms with Crippen LogP contribution in [0.5, 0.6) is 0 Å². The van der Waals surface area contributed by atoms with Crippen LogP contribution in [0.15, 0.2) is 0 Å². The summed E-state index contributed by atoms with van der Waals surface area (Å²) in [4.78, 5) is 24.0. The van der Waals surface area contributed by atoms with Crippen molar-refractivity contribution in [1.29, 1.82) is 0 Å². The van der Waals surface area contributed by atoms with E-state index in [1.54, 1.807) is 7.11 Å². The van der Waals surface area contributed by atoms with Crippen LogP contribution >= 0.6 is 12.2 Å². The zero-order chi connectivity index (χ0) is 15.7. The molecule has 0 spiro atoms. The van der Waals surface area contributed by atoms with Gasteiger partial charge in [-0.1, -0.05) is 12.2 Å². The van der Waals surface area contributed by atoms with Gasteiger partial charge in [-0.3, -0.25) is 9.59 Å². The quantitative estimate of drug-likeness (QED) is 0.406. The van der Waals surface area contributed by atoms with Gasteiger partial charge in [0.05, 0.1) is 11.6 Å². The lowest BCUT2D eigenvalue weighted by molar-refractivity contribution is -0.131. The van der Waals surface area contributed by atoms with E-state index in [4.69, 9.17) is 27.4 Å². The van der Waals surface area contributed by atoms with Crippen molar-refractivity contribution in [2.75, 3.05) is 40.0 Å². The molecular formula is C13H23N3O4S. The van der Waals surface area contributed by atoms with Gasteiger partial charge in [0.1, 0.15) is 5.41 Å². The Labute approximate surface area is 129 Å². The lowest BCUT2D eigenvalue weighted by Gasteiger charge is -2.34. The monoisotopic (exact) mass is 317 g/mol. The van der Waals surface area contributed by atoms with Crippen LogP contribution < -0.4 is 16.4 Å². The Balaban J connectivity index is 2.37. The van der Waals surface area contributed by atoms with Crippen LogP contribution in [0.3, 0.4) is 0 Å². The van der Waals surface area contributed by atoms with Crippen LogP contribution in [0.25, 0.3) is 0 Å². The molecule has 0 atom stereocenters. The third-order valence-electron chi connectivity index (χ3n) is 3.52. The summed E-state index contributed by atoms with van der Waals surface area (Å²) in [6.45, 7) is 2.09. The number of hydrogen-bond donors (Lipinski definition) is 3. The summed E-state index contributed by atoms with van der Waals surface area (Å²) in [5, 5.41) is 5.43. The minimum atomic E-state index is -0.847. The lowest BCUT2D eigenvalue weighted by Crippen LogP contribution is -2.52. The van der Waals surface area contributed by atoms with Gasteiger partial charge in [-0.05, 0) is 12.8 Å². The maximum atomic E-state index is 12.3. The van der Waals surface area contributed by atoms with Gasteiger partial charge in [-0.25, -0.2) is 0 Å². The van der Waals surface area contributed by atoms with Crippen molar-refractivity contribution in [3.63, 3.8) is 0 Å². The number of nitrogens with one attached hydrogen (secondary N) is 2. The first-order valence-corrected chi connectivity index (χ1v) is 7.35. The van der Waals surface area contributed by atoms with Crippen molar-refractivity contribution < 1.29 is 19.1 Å². The van der Waals surface area contributed by atoms with Crippen molar-refractivity contribution in [3.8, 4) is 0 Å². The van der Waals surface area contributed by atoms with Crippen molar-refractivity contribution in [2.45, 2.75) is 19.3 Å². The molecular weight excluding hydrogens is 294 g/mol. The molecule has 0 radical (unpaired) electrons. The van der Waals surface area contributed by atoms with E-state index in [9.17, 15) is 9.59 Å². The largest absolute Gasteiger partial charge is 0.392 e. The van der Waals surface area contributed by atoms with Gasteiger partial charge < -0.3 is 25.8 Å². The van der Waals surface area contributed by atoms with Crippen molar-refractivity contribution >= 4 is 29.0 Å². The summed E-state index contributed by atoms with van der Waals surface area (Å²) in [5.41, 5.74) is 4.89. The SMILES string of the molecule is COCCNC(=O)CCNC(=O)C1(C(N)=S)CCOCC1. The van der Waals surface area contributed by atoms with E-state index in [2.05, 4.69) is 10.6 Å². The van der Waals surface area contributed by atoms with E-state index in [1.165, 1.54) is 0 Å². The smallest absolute Gasteiger partial charge is 0.233 e. The van der Waals surface area contributed by atoms with E-state index in [-0.39, 0.29) is 29.8 Å². The fourth-order valence-corrected chi connectivity index (χ4v) is 2.44. The van der Waals surface area contributed by atoms with Gasteiger partial charge in [-0.15, -0.1) is 0 Å². The first-order chi connectivity index (χ1) is 10.0. The molecule has 8 heteroatoms. The zero-order valence-corrected chi connectivity index (χ0v) is 13.1. The molecule has 1 aliphatic rings. The topological polar surface area (TPSA) is 103 Å². The molecule has 1 heterocycles. The number of thiocarbonyl (C=S) groups is 1. The summed E-state index contributed by atoms with van der Waals surface area (Å²) < 4.78 is 10.1. The van der Waals surface area contributed by atoms with Crippen LogP contribution in [-0.4, -0.2) is 56.8 Å². The first kappa shape index (κ1) is 17.8. The summed E-state index contributed by atoms with van der Waals surface area (Å²) in [5.74, 6) is -0.355. The number of ether oxygens (including phenoxy) is 2. The molecule has 0 aromatic heterocycles. The Hall–Kier alpha value is -1.25. The van der Waals surface area contributed by atoms with Gasteiger partial charge >= 0.3 is 0 Å². The van der Waals surface area contributed by atoms with Crippen molar-refractivity contribution in [3.05, 3.63) is 0 Å². The fourth-order valence-electron chi connectivity index (χ4n) is 2.14. The molecule has 1 saturated heterocycles. The number of rotatable bonds is 8. The van der Waals surface area contributed by atoms with Crippen molar-refractivity contribution in [1.82, 2.24) is 10.6 Å². The normalized spacial score (nSPS) is 17.0. The van der Waals surface area contributed by atoms with Crippen LogP contribution in [0.2, 0.25) is 0 Å². The second-order valence-corrected chi connectivity index (χ2v) is 5.35. The van der Waals surface area contributed by atoms with Gasteiger partial charge in [0, 0.05) is 39.8 Å². The maximum absolute atomic E-state index is 12.3. The maximum Gasteiger partial charge on any atom is 0.233 e. The minimum Gasteiger partial charge on any atom is -0.392 e. The predicted octanol–water partition coefficient (Wildman–Crippen LogP) is -0.662. The Morgan fingerprint density at radius 2 is 1.95 bits per heavy atom. The zero-order valence-electron chi connectivity index (χ0n) is 12.3. The van der Waals surface area contributed by atoms with Gasteiger partial charge in [0.2, 0.25) is 11.8 Å². The molecule has 1 fully saturated rings. The molecule has 120 valence electrons. The van der Waals surface area contributed by atoms with E-state index in [0.29, 0.717) is 39.2 Å². The molecule has 1 aliphatic heterocycles. The van der Waals surface area contributed by atoms with Crippen LogP contribution in [0.1, 0.15) is 19.3 Å². The first-order valence-electron chi connectivity index (χ1n) is 6.94. The Morgan fingerprint density at radius 3 is 2.52 bits per heavy atom. The van der Waals surface area contributed by atoms with E-state index < -0.39 is 5.41 Å².